The van der Waals surface area contributed by atoms with Crippen molar-refractivity contribution in [1.82, 2.24) is 4.90 Å². The second-order valence-corrected chi connectivity index (χ2v) is 5.93. The summed E-state index contributed by atoms with van der Waals surface area (Å²) in [5.74, 6) is -0.212. The van der Waals surface area contributed by atoms with Crippen molar-refractivity contribution in [3.63, 3.8) is 0 Å². The number of likely N-dealkylation sites (tertiary alicyclic amines) is 1. The summed E-state index contributed by atoms with van der Waals surface area (Å²) in [6.07, 6.45) is -2.52. The molecule has 2 fully saturated rings. The Hall–Kier alpha value is -1.02. The number of methoxy groups -OCH3 is 1. The molecule has 1 aromatic carbocycles. The van der Waals surface area contributed by atoms with Crippen molar-refractivity contribution in [2.75, 3.05) is 20.6 Å². The second kappa shape index (κ2) is 4.49. The van der Waals surface area contributed by atoms with Gasteiger partial charge in [-0.05, 0) is 68.2 Å². The first-order valence-corrected chi connectivity index (χ1v) is 7.23. The standard InChI is InChI=1S/C18H25NO/c1-19-10-9-18-8-4-3-5-15(18)17(19)11-13-6-7-14(20-2)12-16(13)18/h6-7,12,15,17H,3-5,8-11H2,1-2H3/t15?,17-,18-/m0/s1/i1D3,9D2,10D2,11D2. The molecule has 2 nitrogen and oxygen atoms in total. The molecule has 1 saturated heterocycles. The fourth-order valence-electron chi connectivity index (χ4n) is 4.06. The van der Waals surface area contributed by atoms with Crippen LogP contribution in [0.5, 0.6) is 5.75 Å². The van der Waals surface area contributed by atoms with Crippen LogP contribution in [0.3, 0.4) is 0 Å². The lowest BCUT2D eigenvalue weighted by atomic mass is 9.52. The quantitative estimate of drug-likeness (QED) is 0.782. The first kappa shape index (κ1) is 6.39. The minimum absolute atomic E-state index is 0.232. The molecule has 108 valence electrons. The van der Waals surface area contributed by atoms with E-state index in [1.807, 2.05) is 0 Å². The van der Waals surface area contributed by atoms with Crippen LogP contribution in [0.15, 0.2) is 18.2 Å². The van der Waals surface area contributed by atoms with Crippen LogP contribution in [0.4, 0.5) is 0 Å². The van der Waals surface area contributed by atoms with Gasteiger partial charge in [0.2, 0.25) is 0 Å². The zero-order valence-electron chi connectivity index (χ0n) is 20.6. The minimum atomic E-state index is -2.98. The summed E-state index contributed by atoms with van der Waals surface area (Å²) in [7, 11) is 1.48. The molecule has 1 saturated carbocycles. The maximum absolute atomic E-state index is 8.96. The van der Waals surface area contributed by atoms with E-state index in [1.165, 1.54) is 7.11 Å². The molecule has 0 aromatic heterocycles. The fourth-order valence-corrected chi connectivity index (χ4v) is 4.06. The number of ether oxygens (including phenoxy) is 1. The van der Waals surface area contributed by atoms with Gasteiger partial charge in [0.05, 0.1) is 7.11 Å². The van der Waals surface area contributed by atoms with Crippen molar-refractivity contribution in [3.8, 4) is 5.75 Å². The van der Waals surface area contributed by atoms with Crippen molar-refractivity contribution in [3.05, 3.63) is 29.3 Å². The summed E-state index contributed by atoms with van der Waals surface area (Å²) in [4.78, 5) is 0.515. The van der Waals surface area contributed by atoms with Crippen LogP contribution < -0.4 is 4.74 Å². The molecule has 4 rings (SSSR count). The van der Waals surface area contributed by atoms with E-state index in [-0.39, 0.29) is 5.56 Å². The number of likely N-dealkylation sites (N-methyl/N-ethyl adjacent to an activating group) is 1. The number of hydrogen-bond donors (Lipinski definition) is 0. The highest BCUT2D eigenvalue weighted by molar-refractivity contribution is 5.45. The van der Waals surface area contributed by atoms with Crippen LogP contribution in [-0.4, -0.2) is 31.5 Å². The number of piperidine rings is 1. The van der Waals surface area contributed by atoms with Gasteiger partial charge in [-0.1, -0.05) is 18.9 Å². The van der Waals surface area contributed by atoms with E-state index in [9.17, 15) is 0 Å². The van der Waals surface area contributed by atoms with Gasteiger partial charge in [-0.25, -0.2) is 0 Å². The van der Waals surface area contributed by atoms with Crippen LogP contribution in [-0.2, 0) is 11.8 Å². The Labute approximate surface area is 134 Å². The number of benzene rings is 1. The van der Waals surface area contributed by atoms with Crippen LogP contribution in [0.25, 0.3) is 0 Å². The SMILES string of the molecule is [2H]C1([2H])c2ccc(OC)cc2[C@]23CCCCC2[C@H]1N(C([2H])([2H])[2H])C([2H])([2H])C3([2H])[2H]. The Morgan fingerprint density at radius 3 is 3.25 bits per heavy atom. The third kappa shape index (κ3) is 1.60. The van der Waals surface area contributed by atoms with E-state index >= 15 is 0 Å². The number of nitrogens with zero attached hydrogens (tertiary/aromatic N) is 1. The van der Waals surface area contributed by atoms with E-state index < -0.39 is 43.6 Å². The highest BCUT2D eigenvalue weighted by Crippen LogP contribution is 2.55. The highest BCUT2D eigenvalue weighted by Gasteiger charge is 2.53. The molecule has 1 aromatic rings. The Kier molecular flexibility index (Phi) is 1.44. The maximum atomic E-state index is 8.96. The molecular formula is C18H25NO. The maximum Gasteiger partial charge on any atom is 0.119 e. The monoisotopic (exact) mass is 280 g/mol. The van der Waals surface area contributed by atoms with Gasteiger partial charge in [0.1, 0.15) is 5.75 Å². The number of fused-ring (bicyclic) bond motifs is 1. The van der Waals surface area contributed by atoms with Crippen molar-refractivity contribution in [2.24, 2.45) is 5.92 Å². The van der Waals surface area contributed by atoms with Gasteiger partial charge in [0.25, 0.3) is 0 Å². The van der Waals surface area contributed by atoms with E-state index in [0.717, 1.165) is 6.42 Å². The van der Waals surface area contributed by atoms with E-state index in [2.05, 4.69) is 0 Å². The Morgan fingerprint density at radius 2 is 2.40 bits per heavy atom. The summed E-state index contributed by atoms with van der Waals surface area (Å²) >= 11 is 0. The van der Waals surface area contributed by atoms with E-state index in [1.54, 1.807) is 18.2 Å². The van der Waals surface area contributed by atoms with Gasteiger partial charge in [-0.2, -0.15) is 0 Å². The molecule has 3 aliphatic rings. The molecule has 3 atom stereocenters. The molecule has 2 bridgehead atoms. The van der Waals surface area contributed by atoms with Crippen LogP contribution >= 0.6 is 0 Å². The van der Waals surface area contributed by atoms with Crippen LogP contribution in [0.2, 0.25) is 0 Å². The molecule has 20 heavy (non-hydrogen) atoms. The summed E-state index contributed by atoms with van der Waals surface area (Å²) in [5.41, 5.74) is -0.673. The molecule has 2 aliphatic carbocycles. The highest BCUT2D eigenvalue weighted by atomic mass is 16.5. The molecule has 0 N–H and O–H groups in total. The van der Waals surface area contributed by atoms with Gasteiger partial charge < -0.3 is 9.64 Å². The Balaban J connectivity index is 2.13. The van der Waals surface area contributed by atoms with E-state index in [4.69, 9.17) is 17.1 Å². The van der Waals surface area contributed by atoms with Gasteiger partial charge in [0, 0.05) is 23.8 Å². The molecule has 1 aliphatic heterocycles. The Bertz CT molecular complexity index is 837. The first-order chi connectivity index (χ1) is 13.2. The lowest BCUT2D eigenvalue weighted by Crippen LogP contribution is -2.59. The van der Waals surface area contributed by atoms with Crippen LogP contribution in [0.1, 0.15) is 55.5 Å². The zero-order chi connectivity index (χ0) is 21.6. The Morgan fingerprint density at radius 1 is 1.45 bits per heavy atom. The predicted molar refractivity (Wildman–Crippen MR) is 81.4 cm³/mol. The average molecular weight is 280 g/mol. The second-order valence-electron chi connectivity index (χ2n) is 5.93. The van der Waals surface area contributed by atoms with Gasteiger partial charge in [-0.3, -0.25) is 0 Å². The lowest BCUT2D eigenvalue weighted by Gasteiger charge is -2.58. The average Bonchev–Trinajstić information content (AvgIpc) is 2.62. The summed E-state index contributed by atoms with van der Waals surface area (Å²) in [6, 6.07) is 3.47. The molecule has 2 heteroatoms. The molecule has 1 unspecified atom stereocenters. The zero-order valence-corrected chi connectivity index (χ0v) is 11.6. The van der Waals surface area contributed by atoms with Crippen molar-refractivity contribution in [1.29, 1.82) is 0 Å². The summed E-state index contributed by atoms with van der Waals surface area (Å²) in [6.45, 7) is -5.87. The van der Waals surface area contributed by atoms with Crippen molar-refractivity contribution < 1.29 is 17.1 Å². The van der Waals surface area contributed by atoms with Gasteiger partial charge in [0.15, 0.2) is 0 Å². The van der Waals surface area contributed by atoms with Crippen molar-refractivity contribution in [2.45, 2.75) is 49.9 Å². The lowest BCUT2D eigenvalue weighted by molar-refractivity contribution is 0.00274. The molecule has 0 radical (unpaired) electrons. The minimum Gasteiger partial charge on any atom is -0.497 e. The smallest absolute Gasteiger partial charge is 0.119 e. The van der Waals surface area contributed by atoms with Crippen LogP contribution in [0, 0.1) is 5.92 Å². The predicted octanol–water partition coefficient (Wildman–Crippen LogP) is 3.38. The van der Waals surface area contributed by atoms with E-state index in [0.29, 0.717) is 35.5 Å². The first-order valence-electron chi connectivity index (χ1n) is 11.7. The molecular weight excluding hydrogens is 246 g/mol. The summed E-state index contributed by atoms with van der Waals surface area (Å²) in [5, 5.41) is 0. The van der Waals surface area contributed by atoms with Gasteiger partial charge >= 0.3 is 0 Å². The number of rotatable bonds is 1. The topological polar surface area (TPSA) is 12.5 Å². The normalized spacial score (nSPS) is 51.0. The summed E-state index contributed by atoms with van der Waals surface area (Å²) < 4.78 is 82.2. The largest absolute Gasteiger partial charge is 0.497 e. The number of hydrogen-bond acceptors (Lipinski definition) is 2. The molecule has 0 spiro atoms. The third-order valence-corrected chi connectivity index (χ3v) is 5.04. The molecule has 1 heterocycles. The molecule has 0 amide bonds. The third-order valence-electron chi connectivity index (χ3n) is 5.04. The fraction of sp³-hybridized carbons (Fsp3) is 0.667. The van der Waals surface area contributed by atoms with Crippen molar-refractivity contribution >= 4 is 0 Å². The van der Waals surface area contributed by atoms with Gasteiger partial charge in [-0.15, -0.1) is 0 Å².